The quantitative estimate of drug-likeness (QED) is 0.452. The molecule has 0 aliphatic carbocycles. The lowest BCUT2D eigenvalue weighted by molar-refractivity contribution is -0.133. The Bertz CT molecular complexity index is 889. The Morgan fingerprint density at radius 3 is 2.74 bits per heavy atom. The van der Waals surface area contributed by atoms with Crippen molar-refractivity contribution in [2.24, 2.45) is 11.8 Å². The van der Waals surface area contributed by atoms with Crippen molar-refractivity contribution < 1.29 is 9.59 Å². The van der Waals surface area contributed by atoms with E-state index in [0.29, 0.717) is 25.0 Å². The van der Waals surface area contributed by atoms with Gasteiger partial charge in [0.25, 0.3) is 0 Å². The number of carbonyl (C=O) groups excluding carboxylic acids is 2. The maximum atomic E-state index is 12.6. The maximum Gasteiger partial charge on any atom is 0.224 e. The summed E-state index contributed by atoms with van der Waals surface area (Å²) in [4.78, 5) is 27.2. The van der Waals surface area contributed by atoms with Crippen LogP contribution in [-0.2, 0) is 21.9 Å². The van der Waals surface area contributed by atoms with Crippen LogP contribution < -0.4 is 10.6 Å². The number of amides is 2. The fourth-order valence-corrected chi connectivity index (χ4v) is 5.36. The predicted octanol–water partition coefficient (Wildman–Crippen LogP) is 1.53. The first-order valence-corrected chi connectivity index (χ1v) is 11.9. The SMILES string of the molecule is CC(=O)NCCNC(=O)[C@@H]1CN2CC[C@@H]1C[C@@H]2Cn1cc(CSc2ccccc2)nn1. The first kappa shape index (κ1) is 21.8. The molecule has 3 saturated heterocycles. The second kappa shape index (κ2) is 10.3. The monoisotopic (exact) mass is 442 g/mol. The number of hydrogen-bond donors (Lipinski definition) is 2. The molecule has 5 rings (SSSR count). The highest BCUT2D eigenvalue weighted by Gasteiger charge is 2.43. The zero-order chi connectivity index (χ0) is 21.6. The maximum absolute atomic E-state index is 12.6. The molecule has 2 amide bonds. The van der Waals surface area contributed by atoms with Gasteiger partial charge in [-0.3, -0.25) is 19.2 Å². The third kappa shape index (κ3) is 5.86. The van der Waals surface area contributed by atoms with Gasteiger partial charge in [-0.1, -0.05) is 23.4 Å². The molecule has 3 fully saturated rings. The summed E-state index contributed by atoms with van der Waals surface area (Å²) in [5, 5.41) is 14.4. The Labute approximate surface area is 187 Å². The first-order valence-electron chi connectivity index (χ1n) is 10.9. The molecule has 1 unspecified atom stereocenters. The van der Waals surface area contributed by atoms with Crippen molar-refractivity contribution in [3.63, 3.8) is 0 Å². The molecule has 0 saturated carbocycles. The van der Waals surface area contributed by atoms with Gasteiger partial charge >= 0.3 is 0 Å². The lowest BCUT2D eigenvalue weighted by atomic mass is 9.75. The Balaban J connectivity index is 1.25. The predicted molar refractivity (Wildman–Crippen MR) is 119 cm³/mol. The van der Waals surface area contributed by atoms with E-state index in [2.05, 4.69) is 38.0 Å². The van der Waals surface area contributed by atoms with Crippen LogP contribution in [0.15, 0.2) is 41.4 Å². The number of hydrogen-bond acceptors (Lipinski definition) is 6. The number of nitrogens with one attached hydrogen (secondary N) is 2. The number of thioether (sulfide) groups is 1. The minimum Gasteiger partial charge on any atom is -0.355 e. The van der Waals surface area contributed by atoms with Crippen molar-refractivity contribution >= 4 is 23.6 Å². The number of nitrogens with zero attached hydrogens (tertiary/aromatic N) is 4. The second-order valence-electron chi connectivity index (χ2n) is 8.35. The fourth-order valence-electron chi connectivity index (χ4n) is 4.56. The summed E-state index contributed by atoms with van der Waals surface area (Å²) in [6, 6.07) is 10.7. The van der Waals surface area contributed by atoms with Gasteiger partial charge in [0.1, 0.15) is 0 Å². The van der Waals surface area contributed by atoms with Gasteiger partial charge in [-0.15, -0.1) is 16.9 Å². The van der Waals surface area contributed by atoms with E-state index in [1.165, 1.54) is 11.8 Å². The van der Waals surface area contributed by atoms with E-state index < -0.39 is 0 Å². The van der Waals surface area contributed by atoms with Gasteiger partial charge in [-0.25, -0.2) is 0 Å². The van der Waals surface area contributed by atoms with E-state index in [1.807, 2.05) is 29.1 Å². The number of aromatic nitrogens is 3. The van der Waals surface area contributed by atoms with Crippen LogP contribution in [0.4, 0.5) is 0 Å². The normalized spacial score (nSPS) is 24.7. The average Bonchev–Trinajstić information content (AvgIpc) is 3.23. The number of carbonyl (C=O) groups is 2. The summed E-state index contributed by atoms with van der Waals surface area (Å²) >= 11 is 1.76. The molecular weight excluding hydrogens is 412 g/mol. The highest BCUT2D eigenvalue weighted by atomic mass is 32.2. The second-order valence-corrected chi connectivity index (χ2v) is 9.40. The van der Waals surface area contributed by atoms with Gasteiger partial charge < -0.3 is 10.6 Å². The molecule has 0 spiro atoms. The van der Waals surface area contributed by atoms with Gasteiger partial charge in [-0.05, 0) is 37.4 Å². The van der Waals surface area contributed by atoms with Crippen molar-refractivity contribution in [1.82, 2.24) is 30.5 Å². The first-order chi connectivity index (χ1) is 15.1. The molecule has 3 aliphatic rings. The zero-order valence-corrected chi connectivity index (χ0v) is 18.7. The van der Waals surface area contributed by atoms with Crippen molar-refractivity contribution in [1.29, 1.82) is 0 Å². The van der Waals surface area contributed by atoms with Crippen molar-refractivity contribution in [2.45, 2.75) is 43.0 Å². The van der Waals surface area contributed by atoms with E-state index in [1.54, 1.807) is 11.8 Å². The Kier molecular flexibility index (Phi) is 7.24. The van der Waals surface area contributed by atoms with Gasteiger partial charge in [0, 0.05) is 49.4 Å². The molecule has 9 heteroatoms. The number of benzene rings is 1. The summed E-state index contributed by atoms with van der Waals surface area (Å²) in [7, 11) is 0. The van der Waals surface area contributed by atoms with E-state index in [9.17, 15) is 9.59 Å². The molecule has 4 atom stereocenters. The van der Waals surface area contributed by atoms with Crippen LogP contribution in [0.3, 0.4) is 0 Å². The highest BCUT2D eigenvalue weighted by molar-refractivity contribution is 7.98. The van der Waals surface area contributed by atoms with Crippen LogP contribution in [-0.4, -0.2) is 63.9 Å². The summed E-state index contributed by atoms with van der Waals surface area (Å²) in [6.07, 6.45) is 4.12. The molecule has 1 aromatic heterocycles. The van der Waals surface area contributed by atoms with E-state index in [4.69, 9.17) is 0 Å². The molecular formula is C22H30N6O2S. The van der Waals surface area contributed by atoms with Crippen LogP contribution in [0.2, 0.25) is 0 Å². The molecule has 3 aliphatic heterocycles. The molecule has 31 heavy (non-hydrogen) atoms. The molecule has 1 aromatic carbocycles. The standard InChI is InChI=1S/C22H30N6O2S/c1-16(29)23-8-9-24-22(30)21-14-27-10-7-17(21)11-19(27)13-28-12-18(25-26-28)15-31-20-5-3-2-4-6-20/h2-6,12,17,19,21H,7-11,13-15H2,1H3,(H,23,29)(H,24,30)/t17-,19-,21-/m1/s1. The average molecular weight is 443 g/mol. The van der Waals surface area contributed by atoms with Gasteiger partial charge in [-0.2, -0.15) is 0 Å². The highest BCUT2D eigenvalue weighted by Crippen LogP contribution is 2.37. The third-order valence-corrected chi connectivity index (χ3v) is 7.17. The molecule has 4 heterocycles. The number of rotatable bonds is 9. The van der Waals surface area contributed by atoms with Crippen LogP contribution in [0.5, 0.6) is 0 Å². The van der Waals surface area contributed by atoms with E-state index in [-0.39, 0.29) is 17.7 Å². The summed E-state index contributed by atoms with van der Waals surface area (Å²) in [6.45, 7) is 5.09. The molecule has 8 nitrogen and oxygen atoms in total. The summed E-state index contributed by atoms with van der Waals surface area (Å²) in [5.41, 5.74) is 0.987. The minimum absolute atomic E-state index is 0.0379. The van der Waals surface area contributed by atoms with Crippen LogP contribution >= 0.6 is 11.8 Å². The van der Waals surface area contributed by atoms with E-state index >= 15 is 0 Å². The third-order valence-electron chi connectivity index (χ3n) is 6.13. The zero-order valence-electron chi connectivity index (χ0n) is 17.9. The molecule has 2 bridgehead atoms. The molecule has 166 valence electrons. The topological polar surface area (TPSA) is 92.2 Å². The Hall–Kier alpha value is -2.39. The lowest BCUT2D eigenvalue weighted by Gasteiger charge is -2.49. The smallest absolute Gasteiger partial charge is 0.224 e. The van der Waals surface area contributed by atoms with Crippen LogP contribution in [0.1, 0.15) is 25.5 Å². The van der Waals surface area contributed by atoms with Crippen molar-refractivity contribution in [2.75, 3.05) is 26.2 Å². The molecule has 0 radical (unpaired) electrons. The van der Waals surface area contributed by atoms with E-state index in [0.717, 1.165) is 43.9 Å². The number of fused-ring (bicyclic) bond motifs is 3. The molecule has 2 N–H and O–H groups in total. The summed E-state index contributed by atoms with van der Waals surface area (Å²) < 4.78 is 1.95. The van der Waals surface area contributed by atoms with Gasteiger partial charge in [0.15, 0.2) is 0 Å². The van der Waals surface area contributed by atoms with Gasteiger partial charge in [0.2, 0.25) is 11.8 Å². The fraction of sp³-hybridized carbons (Fsp3) is 0.545. The Morgan fingerprint density at radius 1 is 1.19 bits per heavy atom. The molecule has 2 aromatic rings. The lowest BCUT2D eigenvalue weighted by Crippen LogP contribution is -2.58. The Morgan fingerprint density at radius 2 is 2.00 bits per heavy atom. The summed E-state index contributed by atoms with van der Waals surface area (Å²) in [5.74, 6) is 1.29. The van der Waals surface area contributed by atoms with Crippen molar-refractivity contribution in [3.8, 4) is 0 Å². The van der Waals surface area contributed by atoms with Crippen LogP contribution in [0, 0.1) is 11.8 Å². The largest absolute Gasteiger partial charge is 0.355 e. The minimum atomic E-state index is -0.0742. The van der Waals surface area contributed by atoms with Crippen molar-refractivity contribution in [3.05, 3.63) is 42.2 Å². The number of piperidine rings is 3. The van der Waals surface area contributed by atoms with Crippen LogP contribution in [0.25, 0.3) is 0 Å². The van der Waals surface area contributed by atoms with Gasteiger partial charge in [0.05, 0.1) is 18.2 Å².